The van der Waals surface area contributed by atoms with Crippen LogP contribution in [-0.4, -0.2) is 42.1 Å². The average molecular weight is 386 g/mol. The molecule has 0 bridgehead atoms. The van der Waals surface area contributed by atoms with E-state index < -0.39 is 11.7 Å². The second kappa shape index (κ2) is 8.35. The highest BCUT2D eigenvalue weighted by Gasteiger charge is 2.23. The number of halogens is 1. The number of hydrogen-bond donors (Lipinski definition) is 2. The highest BCUT2D eigenvalue weighted by molar-refractivity contribution is 6.04. The molecule has 2 unspecified atom stereocenters. The van der Waals surface area contributed by atoms with Gasteiger partial charge in [0.15, 0.2) is 0 Å². The van der Waals surface area contributed by atoms with Crippen LogP contribution in [0.5, 0.6) is 0 Å². The Morgan fingerprint density at radius 2 is 1.86 bits per heavy atom. The molecule has 3 rings (SSSR count). The quantitative estimate of drug-likeness (QED) is 0.844. The number of nitrogens with one attached hydrogen (secondary N) is 2. The summed E-state index contributed by atoms with van der Waals surface area (Å²) in [5.41, 5.74) is 0.757. The van der Waals surface area contributed by atoms with E-state index >= 15 is 0 Å². The van der Waals surface area contributed by atoms with E-state index in [1.54, 1.807) is 12.1 Å². The first-order valence-electron chi connectivity index (χ1n) is 9.07. The maximum atomic E-state index is 13.7. The van der Waals surface area contributed by atoms with Crippen LogP contribution >= 0.6 is 0 Å². The molecule has 0 spiro atoms. The van der Waals surface area contributed by atoms with Gasteiger partial charge in [0.2, 0.25) is 5.91 Å². The van der Waals surface area contributed by atoms with E-state index in [9.17, 15) is 14.0 Å². The van der Waals surface area contributed by atoms with Crippen LogP contribution in [0.3, 0.4) is 0 Å². The zero-order valence-corrected chi connectivity index (χ0v) is 16.0. The summed E-state index contributed by atoms with van der Waals surface area (Å²) in [5.74, 6) is -0.557. The third kappa shape index (κ3) is 4.83. The van der Waals surface area contributed by atoms with Gasteiger partial charge < -0.3 is 20.3 Å². The molecule has 1 aromatic carbocycles. The fourth-order valence-corrected chi connectivity index (χ4v) is 3.16. The molecule has 2 amide bonds. The minimum absolute atomic E-state index is 0.00864. The molecular formula is C20H23FN4O3. The Hall–Kier alpha value is -3.00. The molecule has 1 aromatic heterocycles. The Bertz CT molecular complexity index is 862. The number of carbonyl (C=O) groups excluding carboxylic acids is 2. The number of aromatic nitrogens is 1. The predicted octanol–water partition coefficient (Wildman–Crippen LogP) is 3.05. The summed E-state index contributed by atoms with van der Waals surface area (Å²) in [4.78, 5) is 30.1. The van der Waals surface area contributed by atoms with E-state index in [0.717, 1.165) is 18.9 Å². The van der Waals surface area contributed by atoms with Gasteiger partial charge in [0, 0.05) is 31.9 Å². The van der Waals surface area contributed by atoms with Gasteiger partial charge in [0.25, 0.3) is 5.91 Å². The molecule has 2 atom stereocenters. The summed E-state index contributed by atoms with van der Waals surface area (Å²) in [7, 11) is 0. The predicted molar refractivity (Wildman–Crippen MR) is 105 cm³/mol. The van der Waals surface area contributed by atoms with Crippen molar-refractivity contribution in [1.29, 1.82) is 0 Å². The molecule has 148 valence electrons. The van der Waals surface area contributed by atoms with Gasteiger partial charge in [-0.25, -0.2) is 9.37 Å². The molecule has 8 heteroatoms. The number of carbonyl (C=O) groups is 2. The second-order valence-electron chi connectivity index (χ2n) is 6.90. The molecule has 1 saturated heterocycles. The molecule has 1 aliphatic rings. The molecule has 2 aromatic rings. The molecule has 1 fully saturated rings. The number of nitrogens with zero attached hydrogens (tertiary/aromatic N) is 2. The number of amides is 2. The lowest BCUT2D eigenvalue weighted by Crippen LogP contribution is -2.45. The summed E-state index contributed by atoms with van der Waals surface area (Å²) in [6, 6.07) is 7.47. The van der Waals surface area contributed by atoms with Crippen LogP contribution < -0.4 is 15.5 Å². The normalized spacial score (nSPS) is 19.2. The molecule has 28 heavy (non-hydrogen) atoms. The Morgan fingerprint density at radius 1 is 1.14 bits per heavy atom. The first kappa shape index (κ1) is 19.8. The number of rotatable bonds is 4. The third-order valence-electron chi connectivity index (χ3n) is 4.29. The highest BCUT2D eigenvalue weighted by Crippen LogP contribution is 2.21. The zero-order chi connectivity index (χ0) is 20.3. The molecule has 0 saturated carbocycles. The number of morpholine rings is 1. The summed E-state index contributed by atoms with van der Waals surface area (Å²) in [5, 5.41) is 5.07. The second-order valence-corrected chi connectivity index (χ2v) is 6.90. The van der Waals surface area contributed by atoms with Gasteiger partial charge >= 0.3 is 0 Å². The number of pyridine rings is 1. The van der Waals surface area contributed by atoms with Gasteiger partial charge in [0.1, 0.15) is 11.6 Å². The first-order valence-corrected chi connectivity index (χ1v) is 9.07. The summed E-state index contributed by atoms with van der Waals surface area (Å²) < 4.78 is 19.4. The van der Waals surface area contributed by atoms with Crippen LogP contribution in [0.2, 0.25) is 0 Å². The lowest BCUT2D eigenvalue weighted by Gasteiger charge is -2.36. The largest absolute Gasteiger partial charge is 0.372 e. The van der Waals surface area contributed by atoms with Gasteiger partial charge in [0.05, 0.1) is 23.5 Å². The lowest BCUT2D eigenvalue weighted by molar-refractivity contribution is -0.114. The Kier molecular flexibility index (Phi) is 5.89. The smallest absolute Gasteiger partial charge is 0.257 e. The van der Waals surface area contributed by atoms with Crippen molar-refractivity contribution in [3.8, 4) is 0 Å². The molecule has 0 aliphatic carbocycles. The van der Waals surface area contributed by atoms with Crippen molar-refractivity contribution in [1.82, 2.24) is 4.98 Å². The van der Waals surface area contributed by atoms with Crippen molar-refractivity contribution in [3.05, 3.63) is 47.9 Å². The average Bonchev–Trinajstić information content (AvgIpc) is 2.63. The minimum Gasteiger partial charge on any atom is -0.372 e. The molecule has 2 heterocycles. The van der Waals surface area contributed by atoms with Crippen molar-refractivity contribution in [3.63, 3.8) is 0 Å². The van der Waals surface area contributed by atoms with Crippen molar-refractivity contribution in [2.45, 2.75) is 33.0 Å². The molecule has 7 nitrogen and oxygen atoms in total. The number of ether oxygens (including phenoxy) is 1. The monoisotopic (exact) mass is 386 g/mol. The van der Waals surface area contributed by atoms with Gasteiger partial charge in [-0.3, -0.25) is 9.59 Å². The van der Waals surface area contributed by atoms with E-state index in [4.69, 9.17) is 4.74 Å². The zero-order valence-electron chi connectivity index (χ0n) is 16.0. The Labute approximate surface area is 162 Å². The van der Waals surface area contributed by atoms with Crippen molar-refractivity contribution in [2.24, 2.45) is 0 Å². The van der Waals surface area contributed by atoms with E-state index in [1.807, 2.05) is 13.8 Å². The maximum Gasteiger partial charge on any atom is 0.257 e. The van der Waals surface area contributed by atoms with E-state index in [2.05, 4.69) is 20.5 Å². The fourth-order valence-electron chi connectivity index (χ4n) is 3.16. The van der Waals surface area contributed by atoms with Gasteiger partial charge in [-0.15, -0.1) is 0 Å². The molecule has 2 N–H and O–H groups in total. The maximum absolute atomic E-state index is 13.7. The fraction of sp³-hybridized carbons (Fsp3) is 0.350. The van der Waals surface area contributed by atoms with Crippen molar-refractivity contribution in [2.75, 3.05) is 28.6 Å². The summed E-state index contributed by atoms with van der Waals surface area (Å²) >= 11 is 0. The Balaban J connectivity index is 1.69. The van der Waals surface area contributed by atoms with Gasteiger partial charge in [-0.1, -0.05) is 0 Å². The van der Waals surface area contributed by atoms with Gasteiger partial charge in [-0.2, -0.15) is 0 Å². The lowest BCUT2D eigenvalue weighted by atomic mass is 10.2. The number of benzene rings is 1. The SMILES string of the molecule is CC(=O)Nc1cc(NC(=O)c2ccc(N3CC(C)OC(C)C3)nc2)ccc1F. The molecule has 0 radical (unpaired) electrons. The Morgan fingerprint density at radius 3 is 2.46 bits per heavy atom. The van der Waals surface area contributed by atoms with E-state index in [0.29, 0.717) is 11.3 Å². The van der Waals surface area contributed by atoms with E-state index in [-0.39, 0.29) is 23.8 Å². The topological polar surface area (TPSA) is 83.6 Å². The van der Waals surface area contributed by atoms with Crippen LogP contribution in [0.4, 0.5) is 21.6 Å². The standard InChI is InChI=1S/C20H23FN4O3/c1-12-10-25(11-13(2)28-12)19-7-4-15(9-22-19)20(27)24-16-5-6-17(21)18(8-16)23-14(3)26/h4-9,12-13H,10-11H2,1-3H3,(H,23,26)(H,24,27). The highest BCUT2D eigenvalue weighted by atomic mass is 19.1. The molecular weight excluding hydrogens is 363 g/mol. The minimum atomic E-state index is -0.576. The van der Waals surface area contributed by atoms with Gasteiger partial charge in [-0.05, 0) is 44.2 Å². The van der Waals surface area contributed by atoms with Crippen molar-refractivity contribution >= 4 is 29.0 Å². The number of anilines is 3. The molecule has 1 aliphatic heterocycles. The van der Waals surface area contributed by atoms with Crippen LogP contribution in [0.25, 0.3) is 0 Å². The van der Waals surface area contributed by atoms with Crippen LogP contribution in [0, 0.1) is 5.82 Å². The third-order valence-corrected chi connectivity index (χ3v) is 4.29. The number of hydrogen-bond acceptors (Lipinski definition) is 5. The van der Waals surface area contributed by atoms with Crippen LogP contribution in [0.1, 0.15) is 31.1 Å². The summed E-state index contributed by atoms with van der Waals surface area (Å²) in [6.07, 6.45) is 1.74. The van der Waals surface area contributed by atoms with Crippen molar-refractivity contribution < 1.29 is 18.7 Å². The summed E-state index contributed by atoms with van der Waals surface area (Å²) in [6.45, 7) is 6.80. The van der Waals surface area contributed by atoms with E-state index in [1.165, 1.54) is 31.3 Å². The first-order chi connectivity index (χ1) is 13.3. The van der Waals surface area contributed by atoms with Crippen LogP contribution in [0.15, 0.2) is 36.5 Å². The van der Waals surface area contributed by atoms with Crippen LogP contribution in [-0.2, 0) is 9.53 Å².